The minimum absolute atomic E-state index is 0.128. The van der Waals surface area contributed by atoms with Crippen LogP contribution in [0.2, 0.25) is 0 Å². The lowest BCUT2D eigenvalue weighted by atomic mass is 9.93. The molecule has 2 aliphatic rings. The third-order valence-corrected chi connectivity index (χ3v) is 3.29. The molecule has 1 saturated carbocycles. The molecule has 4 unspecified atom stereocenters. The molecule has 0 spiro atoms. The highest BCUT2D eigenvalue weighted by atomic mass is 16.6. The number of hydrogen-bond donors (Lipinski definition) is 2. The minimum Gasteiger partial charge on any atom is -0.396 e. The summed E-state index contributed by atoms with van der Waals surface area (Å²) in [5, 5.41) is 18.3. The van der Waals surface area contributed by atoms with Gasteiger partial charge >= 0.3 is 0 Å². The molecule has 1 fully saturated rings. The molecule has 0 amide bonds. The zero-order valence-corrected chi connectivity index (χ0v) is 8.30. The molecule has 0 radical (unpaired) electrons. The molecular formula is C11H18O3. The summed E-state index contributed by atoms with van der Waals surface area (Å²) in [6.07, 6.45) is 6.67. The largest absolute Gasteiger partial charge is 0.396 e. The van der Waals surface area contributed by atoms with Crippen LogP contribution in [0.4, 0.5) is 0 Å². The third-order valence-electron chi connectivity index (χ3n) is 3.29. The van der Waals surface area contributed by atoms with Crippen molar-refractivity contribution >= 4 is 0 Å². The Morgan fingerprint density at radius 2 is 2.21 bits per heavy atom. The smallest absolute Gasteiger partial charge is 0.157 e. The number of aliphatic hydroxyl groups excluding tert-OH is 2. The molecule has 80 valence electrons. The molecule has 0 saturated heterocycles. The zero-order valence-electron chi connectivity index (χ0n) is 8.30. The molecule has 0 heterocycles. The van der Waals surface area contributed by atoms with Crippen LogP contribution in [0.25, 0.3) is 0 Å². The van der Waals surface area contributed by atoms with Crippen LogP contribution >= 0.6 is 0 Å². The van der Waals surface area contributed by atoms with Gasteiger partial charge in [0.15, 0.2) is 6.29 Å². The van der Waals surface area contributed by atoms with Crippen molar-refractivity contribution in [2.75, 3.05) is 13.2 Å². The topological polar surface area (TPSA) is 49.7 Å². The van der Waals surface area contributed by atoms with Crippen LogP contribution in [-0.4, -0.2) is 29.7 Å². The molecule has 3 nitrogen and oxygen atoms in total. The van der Waals surface area contributed by atoms with Gasteiger partial charge in [-0.05, 0) is 31.1 Å². The first-order valence-corrected chi connectivity index (χ1v) is 5.40. The fourth-order valence-corrected chi connectivity index (χ4v) is 2.54. The number of ether oxygens (including phenoxy) is 1. The Balaban J connectivity index is 1.75. The van der Waals surface area contributed by atoms with Crippen molar-refractivity contribution in [3.05, 3.63) is 12.2 Å². The van der Waals surface area contributed by atoms with Gasteiger partial charge in [0.1, 0.15) is 0 Å². The second kappa shape index (κ2) is 4.43. The average Bonchev–Trinajstić information content (AvgIpc) is 2.79. The maximum atomic E-state index is 9.76. The van der Waals surface area contributed by atoms with Crippen LogP contribution in [0, 0.1) is 17.8 Å². The summed E-state index contributed by atoms with van der Waals surface area (Å²) < 4.78 is 5.28. The fourth-order valence-electron chi connectivity index (χ4n) is 2.54. The van der Waals surface area contributed by atoms with Crippen LogP contribution < -0.4 is 0 Å². The van der Waals surface area contributed by atoms with E-state index in [1.807, 2.05) is 0 Å². The van der Waals surface area contributed by atoms with Gasteiger partial charge < -0.3 is 14.9 Å². The van der Waals surface area contributed by atoms with Gasteiger partial charge in [0, 0.05) is 12.5 Å². The van der Waals surface area contributed by atoms with Crippen molar-refractivity contribution < 1.29 is 14.9 Å². The zero-order chi connectivity index (χ0) is 9.97. The number of hydrogen-bond acceptors (Lipinski definition) is 3. The highest BCUT2D eigenvalue weighted by molar-refractivity contribution is 5.10. The number of allylic oxidation sites excluding steroid dienone is 2. The van der Waals surface area contributed by atoms with Gasteiger partial charge in [-0.25, -0.2) is 0 Å². The second-order valence-electron chi connectivity index (χ2n) is 4.28. The van der Waals surface area contributed by atoms with E-state index in [1.54, 1.807) is 0 Å². The molecule has 14 heavy (non-hydrogen) atoms. The summed E-state index contributed by atoms with van der Waals surface area (Å²) in [5.74, 6) is 1.47. The maximum Gasteiger partial charge on any atom is 0.157 e. The second-order valence-corrected chi connectivity index (χ2v) is 4.28. The van der Waals surface area contributed by atoms with Gasteiger partial charge in [0.05, 0.1) is 6.61 Å². The van der Waals surface area contributed by atoms with E-state index in [0.717, 1.165) is 6.42 Å². The van der Waals surface area contributed by atoms with Crippen molar-refractivity contribution in [3.8, 4) is 0 Å². The lowest BCUT2D eigenvalue weighted by molar-refractivity contribution is -0.141. The van der Waals surface area contributed by atoms with Gasteiger partial charge in [-0.15, -0.1) is 0 Å². The van der Waals surface area contributed by atoms with E-state index < -0.39 is 6.29 Å². The van der Waals surface area contributed by atoms with E-state index in [1.165, 1.54) is 6.42 Å². The predicted octanol–water partition coefficient (Wildman–Crippen LogP) is 0.916. The Bertz CT molecular complexity index is 215. The highest BCUT2D eigenvalue weighted by Gasteiger charge is 2.39. The van der Waals surface area contributed by atoms with E-state index in [0.29, 0.717) is 24.9 Å². The first-order valence-electron chi connectivity index (χ1n) is 5.40. The standard InChI is InChI=1S/C11H18O3/c12-4-1-5-14-11(13)10-7-8-2-3-9(10)6-8/h2-3,8-13H,1,4-7H2. The van der Waals surface area contributed by atoms with Gasteiger partial charge in [-0.1, -0.05) is 12.2 Å². The number of aliphatic hydroxyl groups is 2. The quantitative estimate of drug-likeness (QED) is 0.392. The Kier molecular flexibility index (Phi) is 3.21. The molecule has 0 aromatic rings. The van der Waals surface area contributed by atoms with E-state index in [4.69, 9.17) is 9.84 Å². The van der Waals surface area contributed by atoms with Gasteiger partial charge in [-0.3, -0.25) is 0 Å². The van der Waals surface area contributed by atoms with Crippen LogP contribution in [0.1, 0.15) is 19.3 Å². The number of rotatable bonds is 5. The summed E-state index contributed by atoms with van der Waals surface area (Å²) in [6, 6.07) is 0. The van der Waals surface area contributed by atoms with Crippen molar-refractivity contribution in [1.82, 2.24) is 0 Å². The molecule has 2 N–H and O–H groups in total. The SMILES string of the molecule is OCCCOC(O)C1CC2C=CC1C2. The van der Waals surface area contributed by atoms with Gasteiger partial charge in [0.25, 0.3) is 0 Å². The molecule has 0 aromatic heterocycles. The van der Waals surface area contributed by atoms with Crippen molar-refractivity contribution in [3.63, 3.8) is 0 Å². The summed E-state index contributed by atoms with van der Waals surface area (Å²) in [6.45, 7) is 0.582. The summed E-state index contributed by atoms with van der Waals surface area (Å²) in [7, 11) is 0. The van der Waals surface area contributed by atoms with E-state index in [-0.39, 0.29) is 12.5 Å². The first kappa shape index (κ1) is 10.1. The molecule has 3 heteroatoms. The Hall–Kier alpha value is -0.380. The summed E-state index contributed by atoms with van der Waals surface area (Å²) in [5.41, 5.74) is 0. The Morgan fingerprint density at radius 3 is 2.79 bits per heavy atom. The van der Waals surface area contributed by atoms with Crippen LogP contribution in [0.3, 0.4) is 0 Å². The predicted molar refractivity (Wildman–Crippen MR) is 52.5 cm³/mol. The number of fused-ring (bicyclic) bond motifs is 2. The lowest BCUT2D eigenvalue weighted by Gasteiger charge is -2.24. The summed E-state index contributed by atoms with van der Waals surface area (Å²) >= 11 is 0. The van der Waals surface area contributed by atoms with E-state index in [9.17, 15) is 5.11 Å². The minimum atomic E-state index is -0.638. The van der Waals surface area contributed by atoms with E-state index in [2.05, 4.69) is 12.2 Å². The van der Waals surface area contributed by atoms with Crippen molar-refractivity contribution in [2.24, 2.45) is 17.8 Å². The van der Waals surface area contributed by atoms with Crippen molar-refractivity contribution in [1.29, 1.82) is 0 Å². The monoisotopic (exact) mass is 198 g/mol. The molecule has 0 aromatic carbocycles. The highest BCUT2D eigenvalue weighted by Crippen LogP contribution is 2.45. The Labute approximate surface area is 84.4 Å². The fraction of sp³-hybridized carbons (Fsp3) is 0.818. The van der Waals surface area contributed by atoms with Gasteiger partial charge in [-0.2, -0.15) is 0 Å². The van der Waals surface area contributed by atoms with Gasteiger partial charge in [0.2, 0.25) is 0 Å². The van der Waals surface area contributed by atoms with Crippen LogP contribution in [0.5, 0.6) is 0 Å². The average molecular weight is 198 g/mol. The lowest BCUT2D eigenvalue weighted by Crippen LogP contribution is -2.27. The van der Waals surface area contributed by atoms with Crippen LogP contribution in [-0.2, 0) is 4.74 Å². The molecule has 4 atom stereocenters. The Morgan fingerprint density at radius 1 is 1.36 bits per heavy atom. The van der Waals surface area contributed by atoms with Crippen molar-refractivity contribution in [2.45, 2.75) is 25.6 Å². The normalized spacial score (nSPS) is 36.6. The summed E-state index contributed by atoms with van der Waals surface area (Å²) in [4.78, 5) is 0. The molecular weight excluding hydrogens is 180 g/mol. The third kappa shape index (κ3) is 2.00. The van der Waals surface area contributed by atoms with E-state index >= 15 is 0 Å². The van der Waals surface area contributed by atoms with Crippen LogP contribution in [0.15, 0.2) is 12.2 Å². The maximum absolute atomic E-state index is 9.76. The molecule has 2 bridgehead atoms. The first-order chi connectivity index (χ1) is 6.81. The molecule has 2 aliphatic carbocycles. The molecule has 2 rings (SSSR count). The molecule has 0 aliphatic heterocycles.